The van der Waals surface area contributed by atoms with Gasteiger partial charge in [-0.25, -0.2) is 0 Å². The smallest absolute Gasteiger partial charge is 0.0243 e. The zero-order chi connectivity index (χ0) is 10.8. The van der Waals surface area contributed by atoms with Crippen LogP contribution in [-0.2, 0) is 0 Å². The van der Waals surface area contributed by atoms with E-state index in [0.29, 0.717) is 5.66 Å². The van der Waals surface area contributed by atoms with E-state index in [1.165, 1.54) is 28.7 Å². The van der Waals surface area contributed by atoms with Crippen LogP contribution in [0.1, 0.15) is 19.8 Å². The second kappa shape index (κ2) is 4.33. The van der Waals surface area contributed by atoms with Crippen LogP contribution < -0.4 is 0 Å². The first-order valence-corrected chi connectivity index (χ1v) is 6.12. The van der Waals surface area contributed by atoms with Gasteiger partial charge in [-0.2, -0.15) is 0 Å². The van der Waals surface area contributed by atoms with Crippen LogP contribution in [0, 0.1) is 0 Å². The van der Waals surface area contributed by atoms with E-state index in [2.05, 4.69) is 47.0 Å². The molecule has 0 radical (unpaired) electrons. The zero-order valence-electron chi connectivity index (χ0n) is 9.16. The lowest BCUT2D eigenvalue weighted by Crippen LogP contribution is -2.00. The predicted molar refractivity (Wildman–Crippen MR) is 70.9 cm³/mol. The normalized spacial score (nSPS) is 25.3. The number of fused-ring (bicyclic) bond motifs is 1. The Hall–Kier alpha value is -0.870. The summed E-state index contributed by atoms with van der Waals surface area (Å²) in [4.78, 5) is 0. The van der Waals surface area contributed by atoms with Crippen molar-refractivity contribution < 1.29 is 0 Å². The molecule has 0 nitrogen and oxygen atoms in total. The monoisotopic (exact) mass is 216 g/mol. The fraction of sp³-hybridized carbons (Fsp3) is 0.286. The number of allylic oxidation sites excluding steroid dienone is 9. The van der Waals surface area contributed by atoms with Crippen molar-refractivity contribution in [2.75, 3.05) is 0 Å². The van der Waals surface area contributed by atoms with E-state index in [-0.39, 0.29) is 0 Å². The van der Waals surface area contributed by atoms with Crippen LogP contribution in [0.25, 0.3) is 0 Å². The minimum Gasteiger partial charge on any atom is -0.125 e. The van der Waals surface area contributed by atoms with Crippen molar-refractivity contribution in [2.24, 2.45) is 0 Å². The molecule has 0 N–H and O–H groups in total. The lowest BCUT2D eigenvalue weighted by Gasteiger charge is -2.12. The average Bonchev–Trinajstić information content (AvgIpc) is 2.54. The van der Waals surface area contributed by atoms with Gasteiger partial charge in [0.15, 0.2) is 0 Å². The van der Waals surface area contributed by atoms with Crippen LogP contribution >= 0.6 is 9.24 Å². The van der Waals surface area contributed by atoms with Gasteiger partial charge in [-0.05, 0) is 42.1 Å². The molecule has 0 fully saturated rings. The molecule has 0 saturated carbocycles. The molecule has 0 bridgehead atoms. The summed E-state index contributed by atoms with van der Waals surface area (Å²) < 4.78 is 0. The first kappa shape index (κ1) is 10.6. The van der Waals surface area contributed by atoms with Crippen molar-refractivity contribution in [1.29, 1.82) is 0 Å². The van der Waals surface area contributed by atoms with Crippen molar-refractivity contribution in [3.63, 3.8) is 0 Å². The highest BCUT2D eigenvalue weighted by atomic mass is 31.0. The number of hydrogen-bond acceptors (Lipinski definition) is 0. The summed E-state index contributed by atoms with van der Waals surface area (Å²) in [6.07, 6.45) is 13.4. The molecule has 2 rings (SSSR count). The molecule has 1 heteroatoms. The summed E-state index contributed by atoms with van der Waals surface area (Å²) in [5, 5.41) is 0. The van der Waals surface area contributed by atoms with Crippen LogP contribution in [-0.4, -0.2) is 5.66 Å². The minimum atomic E-state index is 0.459. The molecule has 78 valence electrons. The van der Waals surface area contributed by atoms with Gasteiger partial charge in [0.2, 0.25) is 0 Å². The summed E-state index contributed by atoms with van der Waals surface area (Å²) in [6.45, 7) is 6.00. The third-order valence-corrected chi connectivity index (χ3v) is 3.73. The average molecular weight is 216 g/mol. The summed E-state index contributed by atoms with van der Waals surface area (Å²) in [5.74, 6) is 0. The van der Waals surface area contributed by atoms with Crippen molar-refractivity contribution in [3.05, 3.63) is 59.3 Å². The molecule has 0 spiro atoms. The molecule has 0 amide bonds. The van der Waals surface area contributed by atoms with E-state index < -0.39 is 0 Å². The molecule has 0 aliphatic heterocycles. The Kier molecular flexibility index (Phi) is 3.07. The Morgan fingerprint density at radius 3 is 2.80 bits per heavy atom. The fourth-order valence-corrected chi connectivity index (χ4v) is 2.95. The maximum atomic E-state index is 3.93. The van der Waals surface area contributed by atoms with Gasteiger partial charge < -0.3 is 0 Å². The maximum absolute atomic E-state index is 3.93. The van der Waals surface area contributed by atoms with E-state index in [1.54, 1.807) is 0 Å². The largest absolute Gasteiger partial charge is 0.125 e. The molecule has 15 heavy (non-hydrogen) atoms. The maximum Gasteiger partial charge on any atom is 0.0243 e. The van der Waals surface area contributed by atoms with Crippen molar-refractivity contribution >= 4 is 9.24 Å². The molecular formula is C14H17P. The van der Waals surface area contributed by atoms with Gasteiger partial charge in [0.1, 0.15) is 0 Å². The third-order valence-electron chi connectivity index (χ3n) is 3.01. The van der Waals surface area contributed by atoms with Crippen LogP contribution in [0.3, 0.4) is 0 Å². The molecule has 0 saturated heterocycles. The summed E-state index contributed by atoms with van der Waals surface area (Å²) in [7, 11) is 2.94. The number of hydrogen-bond donors (Lipinski definition) is 0. The predicted octanol–water partition coefficient (Wildman–Crippen LogP) is 3.95. The quantitative estimate of drug-likeness (QED) is 0.613. The van der Waals surface area contributed by atoms with Gasteiger partial charge in [0.05, 0.1) is 0 Å². The molecule has 2 aliphatic rings. The fourth-order valence-electron chi connectivity index (χ4n) is 2.35. The summed E-state index contributed by atoms with van der Waals surface area (Å²) >= 11 is 0. The molecule has 2 aliphatic carbocycles. The SMILES string of the molecule is C=CC1=C(/C=C\C)C(P)C2=CCCC=C21. The first-order chi connectivity index (χ1) is 7.29. The van der Waals surface area contributed by atoms with E-state index in [4.69, 9.17) is 0 Å². The van der Waals surface area contributed by atoms with Gasteiger partial charge >= 0.3 is 0 Å². The van der Waals surface area contributed by atoms with Gasteiger partial charge in [-0.15, -0.1) is 9.24 Å². The first-order valence-electron chi connectivity index (χ1n) is 5.45. The third kappa shape index (κ3) is 1.68. The van der Waals surface area contributed by atoms with Gasteiger partial charge in [-0.3, -0.25) is 0 Å². The van der Waals surface area contributed by atoms with Gasteiger partial charge in [0.25, 0.3) is 0 Å². The highest BCUT2D eigenvalue weighted by Gasteiger charge is 2.28. The Bertz CT molecular complexity index is 405. The van der Waals surface area contributed by atoms with Crippen LogP contribution in [0.2, 0.25) is 0 Å². The second-order valence-electron chi connectivity index (χ2n) is 3.91. The highest BCUT2D eigenvalue weighted by molar-refractivity contribution is 7.18. The number of rotatable bonds is 2. The van der Waals surface area contributed by atoms with Crippen LogP contribution in [0.5, 0.6) is 0 Å². The molecular weight excluding hydrogens is 199 g/mol. The Morgan fingerprint density at radius 1 is 1.40 bits per heavy atom. The minimum absolute atomic E-state index is 0.459. The second-order valence-corrected chi connectivity index (χ2v) is 4.57. The Morgan fingerprint density at radius 2 is 2.13 bits per heavy atom. The highest BCUT2D eigenvalue weighted by Crippen LogP contribution is 2.44. The van der Waals surface area contributed by atoms with Crippen molar-refractivity contribution in [3.8, 4) is 0 Å². The standard InChI is InChI=1S/C14H17P/c1-3-7-12-10(4-2)11-8-5-6-9-13(11)14(12)15/h3-4,7-9,14H,2,5-6,15H2,1H3/b7-3-. The zero-order valence-corrected chi connectivity index (χ0v) is 10.3. The lowest BCUT2D eigenvalue weighted by atomic mass is 9.97. The van der Waals surface area contributed by atoms with Crippen LogP contribution in [0.15, 0.2) is 59.3 Å². The summed E-state index contributed by atoms with van der Waals surface area (Å²) in [6, 6.07) is 0. The molecule has 0 aromatic rings. The van der Waals surface area contributed by atoms with Gasteiger partial charge in [0, 0.05) is 5.66 Å². The van der Waals surface area contributed by atoms with E-state index in [0.717, 1.165) is 6.42 Å². The van der Waals surface area contributed by atoms with Crippen LogP contribution in [0.4, 0.5) is 0 Å². The van der Waals surface area contributed by atoms with Crippen molar-refractivity contribution in [2.45, 2.75) is 25.4 Å². The van der Waals surface area contributed by atoms with Crippen molar-refractivity contribution in [1.82, 2.24) is 0 Å². The molecule has 0 aromatic heterocycles. The van der Waals surface area contributed by atoms with E-state index in [9.17, 15) is 0 Å². The van der Waals surface area contributed by atoms with E-state index >= 15 is 0 Å². The van der Waals surface area contributed by atoms with E-state index in [1.807, 2.05) is 6.08 Å². The summed E-state index contributed by atoms with van der Waals surface area (Å²) in [5.41, 5.74) is 6.04. The Labute approximate surface area is 94.4 Å². The van der Waals surface area contributed by atoms with Gasteiger partial charge in [-0.1, -0.05) is 37.0 Å². The molecule has 2 unspecified atom stereocenters. The lowest BCUT2D eigenvalue weighted by molar-refractivity contribution is 0.995. The topological polar surface area (TPSA) is 0 Å². The molecule has 0 aromatic carbocycles. The molecule has 2 atom stereocenters. The Balaban J connectivity index is 2.54. The molecule has 0 heterocycles.